The Labute approximate surface area is 116 Å². The lowest BCUT2D eigenvalue weighted by Crippen LogP contribution is -2.54. The molecule has 4 heteroatoms. The molecule has 0 aromatic heterocycles. The predicted octanol–water partition coefficient (Wildman–Crippen LogP) is 3.49. The van der Waals surface area contributed by atoms with Gasteiger partial charge in [0.2, 0.25) is 0 Å². The van der Waals surface area contributed by atoms with Gasteiger partial charge in [-0.2, -0.15) is 0 Å². The molecule has 1 heterocycles. The molecule has 0 saturated carbocycles. The van der Waals surface area contributed by atoms with Gasteiger partial charge in [-0.1, -0.05) is 12.2 Å². The molecule has 1 aliphatic heterocycles. The lowest BCUT2D eigenvalue weighted by molar-refractivity contribution is -0.140. The average Bonchev–Trinajstić information content (AvgIpc) is 2.25. The normalized spacial score (nSPS) is 27.8. The van der Waals surface area contributed by atoms with E-state index in [0.717, 1.165) is 6.42 Å². The molecule has 0 spiro atoms. The highest BCUT2D eigenvalue weighted by atomic mass is 16.6. The molecule has 0 N–H and O–H groups in total. The van der Waals surface area contributed by atoms with E-state index in [4.69, 9.17) is 9.47 Å². The zero-order valence-electron chi connectivity index (χ0n) is 12.4. The van der Waals surface area contributed by atoms with Gasteiger partial charge in [0.25, 0.3) is 0 Å². The van der Waals surface area contributed by atoms with Crippen molar-refractivity contribution in [2.75, 3.05) is 0 Å². The number of hydrogen-bond donors (Lipinski definition) is 0. The van der Waals surface area contributed by atoms with Gasteiger partial charge in [-0.3, -0.25) is 4.90 Å². The quantitative estimate of drug-likeness (QED) is 0.735. The number of rotatable bonds is 3. The Morgan fingerprint density at radius 2 is 2.11 bits per heavy atom. The van der Waals surface area contributed by atoms with Crippen molar-refractivity contribution in [3.63, 3.8) is 0 Å². The summed E-state index contributed by atoms with van der Waals surface area (Å²) in [6, 6.07) is -0.0662. The second-order valence-electron chi connectivity index (χ2n) is 5.85. The second kappa shape index (κ2) is 6.24. The Morgan fingerprint density at radius 3 is 2.58 bits per heavy atom. The highest BCUT2D eigenvalue weighted by Gasteiger charge is 2.38. The van der Waals surface area contributed by atoms with E-state index in [-0.39, 0.29) is 24.5 Å². The van der Waals surface area contributed by atoms with E-state index in [0.29, 0.717) is 6.42 Å². The molecule has 0 aromatic rings. The summed E-state index contributed by atoms with van der Waals surface area (Å²) in [6.07, 6.45) is 4.23. The van der Waals surface area contributed by atoms with Crippen LogP contribution in [0, 0.1) is 0 Å². The maximum Gasteiger partial charge on any atom is 0.412 e. The second-order valence-corrected chi connectivity index (χ2v) is 5.85. The largest absolute Gasteiger partial charge is 0.444 e. The van der Waals surface area contributed by atoms with E-state index in [1.54, 1.807) is 17.1 Å². The SMILES string of the molecule is C=CC[C@@H]1O[C@H](C)C[C@H](C=C)N1C(=O)OC(C)(C)C. The molecule has 0 bridgehead atoms. The highest BCUT2D eigenvalue weighted by Crippen LogP contribution is 2.27. The van der Waals surface area contributed by atoms with Gasteiger partial charge >= 0.3 is 6.09 Å². The summed E-state index contributed by atoms with van der Waals surface area (Å²) in [7, 11) is 0. The molecule has 108 valence electrons. The molecule has 0 aromatic carbocycles. The summed E-state index contributed by atoms with van der Waals surface area (Å²) < 4.78 is 11.3. The van der Waals surface area contributed by atoms with E-state index >= 15 is 0 Å². The first-order chi connectivity index (χ1) is 8.78. The minimum atomic E-state index is -0.523. The van der Waals surface area contributed by atoms with Crippen molar-refractivity contribution in [3.05, 3.63) is 25.3 Å². The van der Waals surface area contributed by atoms with Crippen LogP contribution in [-0.2, 0) is 9.47 Å². The van der Waals surface area contributed by atoms with Gasteiger partial charge < -0.3 is 9.47 Å². The van der Waals surface area contributed by atoms with E-state index in [9.17, 15) is 4.79 Å². The molecule has 1 aliphatic rings. The van der Waals surface area contributed by atoms with Crippen molar-refractivity contribution >= 4 is 6.09 Å². The van der Waals surface area contributed by atoms with Crippen LogP contribution in [-0.4, -0.2) is 35.0 Å². The van der Waals surface area contributed by atoms with Crippen molar-refractivity contribution in [3.8, 4) is 0 Å². The monoisotopic (exact) mass is 267 g/mol. The zero-order valence-corrected chi connectivity index (χ0v) is 12.4. The number of hydrogen-bond acceptors (Lipinski definition) is 3. The third kappa shape index (κ3) is 4.39. The molecule has 1 amide bonds. The van der Waals surface area contributed by atoms with E-state index < -0.39 is 5.60 Å². The summed E-state index contributed by atoms with van der Waals surface area (Å²) in [5.41, 5.74) is -0.523. The molecule has 0 aliphatic carbocycles. The van der Waals surface area contributed by atoms with Crippen LogP contribution in [0.4, 0.5) is 4.79 Å². The van der Waals surface area contributed by atoms with Crippen molar-refractivity contribution in [2.45, 2.75) is 64.5 Å². The van der Waals surface area contributed by atoms with Crippen molar-refractivity contribution in [1.82, 2.24) is 4.90 Å². The van der Waals surface area contributed by atoms with Crippen LogP contribution in [0.3, 0.4) is 0 Å². The maximum atomic E-state index is 12.3. The van der Waals surface area contributed by atoms with Crippen LogP contribution in [0.5, 0.6) is 0 Å². The van der Waals surface area contributed by atoms with Crippen LogP contribution in [0.1, 0.15) is 40.5 Å². The van der Waals surface area contributed by atoms with E-state index in [1.165, 1.54) is 0 Å². The molecule has 1 rings (SSSR count). The Bertz CT molecular complexity index is 346. The molecular weight excluding hydrogens is 242 g/mol. The molecule has 3 atom stereocenters. The van der Waals surface area contributed by atoms with E-state index in [1.807, 2.05) is 27.7 Å². The summed E-state index contributed by atoms with van der Waals surface area (Å²) in [5, 5.41) is 0. The average molecular weight is 267 g/mol. The summed E-state index contributed by atoms with van der Waals surface area (Å²) in [4.78, 5) is 13.9. The molecule has 19 heavy (non-hydrogen) atoms. The first-order valence-electron chi connectivity index (χ1n) is 6.68. The number of carbonyl (C=O) groups excluding carboxylic acids is 1. The van der Waals surface area contributed by atoms with Gasteiger partial charge in [0.15, 0.2) is 0 Å². The molecule has 1 fully saturated rings. The lowest BCUT2D eigenvalue weighted by atomic mass is 10.1. The highest BCUT2D eigenvalue weighted by molar-refractivity contribution is 5.69. The number of amides is 1. The third-order valence-electron chi connectivity index (χ3n) is 2.88. The molecule has 4 nitrogen and oxygen atoms in total. The number of carbonyl (C=O) groups is 1. The zero-order chi connectivity index (χ0) is 14.6. The van der Waals surface area contributed by atoms with Crippen molar-refractivity contribution in [2.24, 2.45) is 0 Å². The third-order valence-corrected chi connectivity index (χ3v) is 2.88. The van der Waals surface area contributed by atoms with Gasteiger partial charge in [0.05, 0.1) is 12.1 Å². The molecule has 0 unspecified atom stereocenters. The Hall–Kier alpha value is -1.29. The Kier molecular flexibility index (Phi) is 5.18. The van der Waals surface area contributed by atoms with Crippen LogP contribution in [0.25, 0.3) is 0 Å². The van der Waals surface area contributed by atoms with E-state index in [2.05, 4.69) is 13.2 Å². The van der Waals surface area contributed by atoms with Crippen molar-refractivity contribution < 1.29 is 14.3 Å². The molecule has 0 radical (unpaired) electrons. The summed E-state index contributed by atoms with van der Waals surface area (Å²) in [5.74, 6) is 0. The maximum absolute atomic E-state index is 12.3. The van der Waals surface area contributed by atoms with Gasteiger partial charge in [0.1, 0.15) is 11.8 Å². The minimum Gasteiger partial charge on any atom is -0.444 e. The standard InChI is InChI=1S/C15H25NO3/c1-7-9-13-16(14(17)19-15(4,5)6)12(8-2)10-11(3)18-13/h7-8,11-13H,1-2,9-10H2,3-6H3/t11-,12+,13+/m1/s1. The predicted molar refractivity (Wildman–Crippen MR) is 75.8 cm³/mol. The fourth-order valence-corrected chi connectivity index (χ4v) is 2.15. The first-order valence-corrected chi connectivity index (χ1v) is 6.68. The van der Waals surface area contributed by atoms with Gasteiger partial charge in [-0.15, -0.1) is 13.2 Å². The van der Waals surface area contributed by atoms with Crippen LogP contribution in [0.15, 0.2) is 25.3 Å². The fourth-order valence-electron chi connectivity index (χ4n) is 2.15. The fraction of sp³-hybridized carbons (Fsp3) is 0.667. The summed E-state index contributed by atoms with van der Waals surface area (Å²) >= 11 is 0. The smallest absolute Gasteiger partial charge is 0.412 e. The van der Waals surface area contributed by atoms with Gasteiger partial charge in [-0.25, -0.2) is 4.79 Å². The van der Waals surface area contributed by atoms with Crippen molar-refractivity contribution in [1.29, 1.82) is 0 Å². The van der Waals surface area contributed by atoms with Crippen LogP contribution < -0.4 is 0 Å². The minimum absolute atomic E-state index is 0.0662. The Balaban J connectivity index is 2.91. The topological polar surface area (TPSA) is 38.8 Å². The van der Waals surface area contributed by atoms with Crippen LogP contribution >= 0.6 is 0 Å². The molecule has 1 saturated heterocycles. The van der Waals surface area contributed by atoms with Crippen LogP contribution in [0.2, 0.25) is 0 Å². The Morgan fingerprint density at radius 1 is 1.47 bits per heavy atom. The first kappa shape index (κ1) is 15.8. The molecular formula is C15H25NO3. The number of ether oxygens (including phenoxy) is 2. The number of nitrogens with zero attached hydrogens (tertiary/aromatic N) is 1. The van der Waals surface area contributed by atoms with Gasteiger partial charge in [-0.05, 0) is 34.1 Å². The van der Waals surface area contributed by atoms with Gasteiger partial charge in [0, 0.05) is 6.42 Å². The lowest BCUT2D eigenvalue weighted by Gasteiger charge is -2.43. The summed E-state index contributed by atoms with van der Waals surface area (Å²) in [6.45, 7) is 15.1.